The molecule has 0 radical (unpaired) electrons. The van der Waals surface area contributed by atoms with Crippen LogP contribution in [-0.4, -0.2) is 13.6 Å². The van der Waals surface area contributed by atoms with Gasteiger partial charge < -0.3 is 5.32 Å². The second-order valence-corrected chi connectivity index (χ2v) is 1.44. The average Bonchev–Trinajstić information content (AvgIpc) is 1.69. The van der Waals surface area contributed by atoms with Crippen molar-refractivity contribution in [3.05, 3.63) is 12.2 Å². The Bertz CT molecular complexity index is 52.5. The molecule has 0 spiro atoms. The van der Waals surface area contributed by atoms with Crippen molar-refractivity contribution in [2.45, 2.75) is 13.3 Å². The molecule has 0 atom stereocenters. The number of likely N-dealkylation sites (N-methyl/N-ethyl adjacent to an activating group) is 1. The number of allylic oxidation sites excluding steroid dienone is 1. The fraction of sp³-hybridized carbons (Fsp3) is 0.667. The van der Waals surface area contributed by atoms with Crippen LogP contribution in [0.2, 0.25) is 0 Å². The highest BCUT2D eigenvalue weighted by molar-refractivity contribution is 5.85. The lowest BCUT2D eigenvalue weighted by molar-refractivity contribution is 0.915. The van der Waals surface area contributed by atoms with Gasteiger partial charge in [-0.1, -0.05) is 19.1 Å². The van der Waals surface area contributed by atoms with Gasteiger partial charge in [0.2, 0.25) is 0 Å². The molecule has 0 aromatic carbocycles. The molecule has 1 nitrogen and oxygen atoms in total. The van der Waals surface area contributed by atoms with Gasteiger partial charge in [-0.25, -0.2) is 0 Å². The van der Waals surface area contributed by atoms with Gasteiger partial charge in [-0.05, 0) is 13.5 Å². The maximum absolute atomic E-state index is 3.02. The third-order valence-corrected chi connectivity index (χ3v) is 0.724. The Balaban J connectivity index is 0. The number of halogens is 1. The monoisotopic (exact) mass is 135 g/mol. The Labute approximate surface area is 57.6 Å². The highest BCUT2D eigenvalue weighted by atomic mass is 35.5. The molecule has 8 heavy (non-hydrogen) atoms. The molecule has 0 saturated heterocycles. The summed E-state index contributed by atoms with van der Waals surface area (Å²) in [5, 5.41) is 3.02. The van der Waals surface area contributed by atoms with Crippen LogP contribution in [0, 0.1) is 0 Å². The zero-order valence-corrected chi connectivity index (χ0v) is 6.29. The zero-order valence-electron chi connectivity index (χ0n) is 5.48. The van der Waals surface area contributed by atoms with Crippen molar-refractivity contribution in [1.29, 1.82) is 0 Å². The van der Waals surface area contributed by atoms with Crippen LogP contribution in [0.3, 0.4) is 0 Å². The number of hydrogen-bond donors (Lipinski definition) is 1. The zero-order chi connectivity index (χ0) is 5.54. The quantitative estimate of drug-likeness (QED) is 0.580. The number of rotatable bonds is 3. The van der Waals surface area contributed by atoms with Gasteiger partial charge in [-0.2, -0.15) is 0 Å². The molecule has 1 N–H and O–H groups in total. The summed E-state index contributed by atoms with van der Waals surface area (Å²) < 4.78 is 0. The Morgan fingerprint density at radius 1 is 1.38 bits per heavy atom. The highest BCUT2D eigenvalue weighted by Crippen LogP contribution is 1.75. The first-order valence-electron chi connectivity index (χ1n) is 2.71. The van der Waals surface area contributed by atoms with Gasteiger partial charge in [0.05, 0.1) is 0 Å². The Kier molecular flexibility index (Phi) is 13.7. The van der Waals surface area contributed by atoms with Crippen LogP contribution in [-0.2, 0) is 0 Å². The molecule has 0 amide bonds. The molecular weight excluding hydrogens is 122 g/mol. The average molecular weight is 136 g/mol. The van der Waals surface area contributed by atoms with Crippen molar-refractivity contribution in [2.75, 3.05) is 13.6 Å². The van der Waals surface area contributed by atoms with Crippen LogP contribution in [0.5, 0.6) is 0 Å². The van der Waals surface area contributed by atoms with Gasteiger partial charge in [0, 0.05) is 6.54 Å². The van der Waals surface area contributed by atoms with E-state index >= 15 is 0 Å². The molecule has 0 bridgehead atoms. The van der Waals surface area contributed by atoms with Gasteiger partial charge in [0.25, 0.3) is 0 Å². The maximum Gasteiger partial charge on any atom is 0.0131 e. The smallest absolute Gasteiger partial charge is 0.0131 e. The van der Waals surface area contributed by atoms with E-state index in [2.05, 4.69) is 24.4 Å². The third kappa shape index (κ3) is 9.37. The summed E-state index contributed by atoms with van der Waals surface area (Å²) in [5.74, 6) is 0. The molecule has 0 aliphatic heterocycles. The van der Waals surface area contributed by atoms with E-state index in [9.17, 15) is 0 Å². The lowest BCUT2D eigenvalue weighted by Gasteiger charge is -1.83. The van der Waals surface area contributed by atoms with Crippen molar-refractivity contribution in [2.24, 2.45) is 0 Å². The standard InChI is InChI=1S/C6H13N.ClH/c1-3-4-5-6-7-2;/h4-5,7H,3,6H2,1-2H3;1H/b5-4+;. The van der Waals surface area contributed by atoms with Crippen molar-refractivity contribution in [1.82, 2.24) is 5.32 Å². The third-order valence-electron chi connectivity index (χ3n) is 0.724. The summed E-state index contributed by atoms with van der Waals surface area (Å²) in [6.07, 6.45) is 5.41. The minimum absolute atomic E-state index is 0. The van der Waals surface area contributed by atoms with Gasteiger partial charge in [-0.15, -0.1) is 12.4 Å². The van der Waals surface area contributed by atoms with Crippen LogP contribution in [0.1, 0.15) is 13.3 Å². The van der Waals surface area contributed by atoms with E-state index in [-0.39, 0.29) is 12.4 Å². The normalized spacial score (nSPS) is 9.25. The summed E-state index contributed by atoms with van der Waals surface area (Å²) in [4.78, 5) is 0. The molecule has 0 heterocycles. The van der Waals surface area contributed by atoms with Crippen LogP contribution < -0.4 is 5.32 Å². The van der Waals surface area contributed by atoms with E-state index in [0.29, 0.717) is 0 Å². The summed E-state index contributed by atoms with van der Waals surface area (Å²) in [6.45, 7) is 3.12. The molecule has 0 fully saturated rings. The van der Waals surface area contributed by atoms with Gasteiger partial charge in [-0.3, -0.25) is 0 Å². The van der Waals surface area contributed by atoms with Crippen LogP contribution in [0.25, 0.3) is 0 Å². The Hall–Kier alpha value is -0.0100. The van der Waals surface area contributed by atoms with Crippen LogP contribution >= 0.6 is 12.4 Å². The van der Waals surface area contributed by atoms with Crippen molar-refractivity contribution in [3.8, 4) is 0 Å². The fourth-order valence-corrected chi connectivity index (χ4v) is 0.368. The molecule has 50 valence electrons. The van der Waals surface area contributed by atoms with Gasteiger partial charge in [0.1, 0.15) is 0 Å². The van der Waals surface area contributed by atoms with Crippen molar-refractivity contribution >= 4 is 12.4 Å². The maximum atomic E-state index is 3.02. The second-order valence-electron chi connectivity index (χ2n) is 1.44. The molecule has 0 aliphatic carbocycles. The molecule has 0 saturated carbocycles. The SMILES string of the molecule is CC/C=C/CNC.Cl. The van der Waals surface area contributed by atoms with E-state index < -0.39 is 0 Å². The Morgan fingerprint density at radius 2 is 2.00 bits per heavy atom. The number of hydrogen-bond acceptors (Lipinski definition) is 1. The summed E-state index contributed by atoms with van der Waals surface area (Å²) >= 11 is 0. The predicted octanol–water partition coefficient (Wildman–Crippen LogP) is 1.59. The highest BCUT2D eigenvalue weighted by Gasteiger charge is 1.65. The van der Waals surface area contributed by atoms with Crippen molar-refractivity contribution < 1.29 is 0 Å². The molecule has 2 heteroatoms. The predicted molar refractivity (Wildman–Crippen MR) is 40.6 cm³/mol. The molecule has 0 aliphatic rings. The lowest BCUT2D eigenvalue weighted by atomic mass is 10.4. The molecule has 0 aromatic heterocycles. The van der Waals surface area contributed by atoms with Crippen LogP contribution in [0.15, 0.2) is 12.2 Å². The minimum atomic E-state index is 0. The first kappa shape index (κ1) is 10.9. The molecular formula is C6H14ClN. The first-order chi connectivity index (χ1) is 3.41. The lowest BCUT2D eigenvalue weighted by Crippen LogP contribution is -2.03. The topological polar surface area (TPSA) is 12.0 Å². The minimum Gasteiger partial charge on any atom is -0.316 e. The van der Waals surface area contributed by atoms with Crippen LogP contribution in [0.4, 0.5) is 0 Å². The molecule has 0 unspecified atom stereocenters. The van der Waals surface area contributed by atoms with E-state index in [1.54, 1.807) is 0 Å². The fourth-order valence-electron chi connectivity index (χ4n) is 0.368. The van der Waals surface area contributed by atoms with E-state index in [4.69, 9.17) is 0 Å². The molecule has 0 aromatic rings. The van der Waals surface area contributed by atoms with E-state index in [1.807, 2.05) is 7.05 Å². The van der Waals surface area contributed by atoms with Gasteiger partial charge >= 0.3 is 0 Å². The second kappa shape index (κ2) is 10.1. The number of nitrogens with one attached hydrogen (secondary N) is 1. The van der Waals surface area contributed by atoms with E-state index in [1.165, 1.54) is 0 Å². The molecule has 0 rings (SSSR count). The summed E-state index contributed by atoms with van der Waals surface area (Å²) in [7, 11) is 1.94. The first-order valence-corrected chi connectivity index (χ1v) is 2.71. The van der Waals surface area contributed by atoms with Crippen molar-refractivity contribution in [3.63, 3.8) is 0 Å². The summed E-state index contributed by atoms with van der Waals surface area (Å²) in [5.41, 5.74) is 0. The van der Waals surface area contributed by atoms with E-state index in [0.717, 1.165) is 13.0 Å². The largest absolute Gasteiger partial charge is 0.316 e. The summed E-state index contributed by atoms with van der Waals surface area (Å²) in [6, 6.07) is 0. The Morgan fingerprint density at radius 3 is 2.38 bits per heavy atom. The van der Waals surface area contributed by atoms with Gasteiger partial charge in [0.15, 0.2) is 0 Å².